The van der Waals surface area contributed by atoms with Gasteiger partial charge in [-0.3, -0.25) is 9.11 Å². The summed E-state index contributed by atoms with van der Waals surface area (Å²) < 4.78 is 65.8. The van der Waals surface area contributed by atoms with Crippen molar-refractivity contribution < 1.29 is 35.6 Å². The monoisotopic (exact) mass is 709 g/mol. The molecule has 11 heteroatoms. The molecule has 0 aromatic heterocycles. The van der Waals surface area contributed by atoms with E-state index in [9.17, 15) is 31.0 Å². The van der Waals surface area contributed by atoms with Crippen LogP contribution in [0, 0.1) is 0 Å². The molecule has 0 unspecified atom stereocenters. The minimum atomic E-state index is -4.01. The Balaban J connectivity index is 1.44. The van der Waals surface area contributed by atoms with Crippen molar-refractivity contribution in [2.24, 2.45) is 0 Å². The van der Waals surface area contributed by atoms with Gasteiger partial charge in [0.2, 0.25) is 5.69 Å². The van der Waals surface area contributed by atoms with Gasteiger partial charge in [-0.1, -0.05) is 56.3 Å². The largest absolute Gasteiger partial charge is 0.507 e. The highest BCUT2D eigenvalue weighted by Gasteiger charge is 2.44. The van der Waals surface area contributed by atoms with Gasteiger partial charge in [0, 0.05) is 47.5 Å². The van der Waals surface area contributed by atoms with E-state index in [0.29, 0.717) is 38.8 Å². The number of anilines is 1. The molecule has 0 bridgehead atoms. The lowest BCUT2D eigenvalue weighted by atomic mass is 9.81. The minimum absolute atomic E-state index is 0.266. The molecule has 1 aliphatic carbocycles. The van der Waals surface area contributed by atoms with Gasteiger partial charge in [0.15, 0.2) is 5.71 Å². The van der Waals surface area contributed by atoms with Crippen molar-refractivity contribution in [3.05, 3.63) is 107 Å². The molecule has 5 rings (SSSR count). The highest BCUT2D eigenvalue weighted by Crippen LogP contribution is 2.48. The van der Waals surface area contributed by atoms with Crippen molar-refractivity contribution in [1.29, 1.82) is 0 Å². The van der Waals surface area contributed by atoms with Gasteiger partial charge in [-0.2, -0.15) is 21.4 Å². The lowest BCUT2D eigenvalue weighted by Gasteiger charge is -2.27. The van der Waals surface area contributed by atoms with E-state index in [1.807, 2.05) is 36.4 Å². The van der Waals surface area contributed by atoms with Crippen LogP contribution in [0.1, 0.15) is 83.8 Å². The number of unbranched alkanes of at least 4 members (excludes halogenated alkanes) is 2. The van der Waals surface area contributed by atoms with E-state index in [-0.39, 0.29) is 28.1 Å². The molecule has 2 aliphatic heterocycles. The molecule has 0 amide bonds. The first-order valence-electron chi connectivity index (χ1n) is 17.0. The van der Waals surface area contributed by atoms with Crippen LogP contribution in [0.5, 0.6) is 0 Å². The topological polar surface area (TPSA) is 135 Å². The van der Waals surface area contributed by atoms with Gasteiger partial charge in [-0.05, 0) is 87.3 Å². The van der Waals surface area contributed by atoms with Crippen LogP contribution in [0.2, 0.25) is 0 Å². The third-order valence-corrected chi connectivity index (χ3v) is 11.7. The normalized spacial score (nSPS) is 20.6. The fourth-order valence-corrected chi connectivity index (χ4v) is 8.61. The van der Waals surface area contributed by atoms with Gasteiger partial charge >= 0.3 is 0 Å². The van der Waals surface area contributed by atoms with E-state index in [2.05, 4.69) is 73.6 Å². The van der Waals surface area contributed by atoms with Crippen LogP contribution in [-0.2, 0) is 31.1 Å². The molecule has 0 saturated heterocycles. The fourth-order valence-electron chi connectivity index (χ4n) is 7.47. The van der Waals surface area contributed by atoms with Crippen molar-refractivity contribution in [3.63, 3.8) is 0 Å². The summed E-state index contributed by atoms with van der Waals surface area (Å²) in [4.78, 5) is 2.22. The second kappa shape index (κ2) is 14.4. The number of hydrogen-bond donors (Lipinski definition) is 3. The highest BCUT2D eigenvalue weighted by molar-refractivity contribution is 7.86. The molecule has 0 radical (unpaired) electrons. The van der Waals surface area contributed by atoms with Crippen LogP contribution < -0.4 is 4.90 Å². The van der Waals surface area contributed by atoms with Crippen molar-refractivity contribution in [1.82, 2.24) is 0 Å². The van der Waals surface area contributed by atoms with Gasteiger partial charge in [0.25, 0.3) is 20.2 Å². The number of aliphatic hydroxyl groups excluding tert-OH is 1. The lowest BCUT2D eigenvalue weighted by Crippen LogP contribution is -2.28. The summed E-state index contributed by atoms with van der Waals surface area (Å²) >= 11 is 0. The molecular weight excluding hydrogens is 661 g/mol. The average Bonchev–Trinajstić information content (AvgIpc) is 3.37. The standard InChI is InChI=1S/C38H48N2O7S2/c1-37(2)30-16-5-7-18-32(30)39(24-9-11-26-48(42,43)44)34(37)22-20-28-14-13-15-29(36(28)41)21-23-35-38(3,4)31-17-6-8-19-33(31)40(35)25-10-12-27-49(45,46)47/h5-8,16-23H,9-15,24-27H2,1-4H3,(H2,42,43,44,45,46,47)/p+1. The molecule has 9 nitrogen and oxygen atoms in total. The molecule has 0 atom stereocenters. The van der Waals surface area contributed by atoms with E-state index in [4.69, 9.17) is 0 Å². The minimum Gasteiger partial charge on any atom is -0.507 e. The van der Waals surface area contributed by atoms with Crippen molar-refractivity contribution in [3.8, 4) is 0 Å². The number of benzene rings is 2. The van der Waals surface area contributed by atoms with Crippen LogP contribution in [0.4, 0.5) is 11.4 Å². The molecule has 2 aromatic rings. The van der Waals surface area contributed by atoms with Gasteiger partial charge in [-0.25, -0.2) is 0 Å². The van der Waals surface area contributed by atoms with E-state index >= 15 is 0 Å². The maximum Gasteiger partial charge on any atom is 0.264 e. The van der Waals surface area contributed by atoms with Crippen molar-refractivity contribution >= 4 is 37.3 Å². The van der Waals surface area contributed by atoms with Gasteiger partial charge in [-0.15, -0.1) is 0 Å². The quantitative estimate of drug-likeness (QED) is 0.110. The second-order valence-electron chi connectivity index (χ2n) is 14.3. The van der Waals surface area contributed by atoms with Crippen LogP contribution in [0.25, 0.3) is 0 Å². The van der Waals surface area contributed by atoms with E-state index in [0.717, 1.165) is 53.2 Å². The van der Waals surface area contributed by atoms with Gasteiger partial charge in [0.05, 0.1) is 16.9 Å². The van der Waals surface area contributed by atoms with E-state index < -0.39 is 20.2 Å². The Bertz CT molecular complexity index is 1970. The molecule has 49 heavy (non-hydrogen) atoms. The molecule has 0 spiro atoms. The predicted octanol–water partition coefficient (Wildman–Crippen LogP) is 7.56. The fraction of sp³-hybridized carbons (Fsp3) is 0.447. The molecule has 3 N–H and O–H groups in total. The number of allylic oxidation sites excluding steroid dienone is 7. The Morgan fingerprint density at radius 3 is 2.10 bits per heavy atom. The number of nitrogens with zero attached hydrogens (tertiary/aromatic N) is 2. The Labute approximate surface area is 291 Å². The Kier molecular flexibility index (Phi) is 10.8. The molecular formula is C38H49N2O7S2+. The predicted molar refractivity (Wildman–Crippen MR) is 196 cm³/mol. The van der Waals surface area contributed by atoms with E-state index in [1.54, 1.807) is 0 Å². The first-order valence-corrected chi connectivity index (χ1v) is 20.3. The maximum atomic E-state index is 11.5. The number of rotatable bonds is 13. The van der Waals surface area contributed by atoms with Crippen LogP contribution >= 0.6 is 0 Å². The van der Waals surface area contributed by atoms with Crippen LogP contribution in [0.15, 0.2) is 95.4 Å². The third kappa shape index (κ3) is 8.28. The number of hydrogen-bond acceptors (Lipinski definition) is 6. The van der Waals surface area contributed by atoms with Gasteiger partial charge in [0.1, 0.15) is 12.3 Å². The highest BCUT2D eigenvalue weighted by atomic mass is 32.2. The summed E-state index contributed by atoms with van der Waals surface area (Å²) in [6.45, 7) is 9.89. The number of para-hydroxylation sites is 2. The molecule has 264 valence electrons. The Hall–Kier alpha value is -3.51. The second-order valence-corrected chi connectivity index (χ2v) is 17.4. The molecule has 0 saturated carbocycles. The first kappa shape index (κ1) is 36.8. The van der Waals surface area contributed by atoms with Crippen molar-refractivity contribution in [2.45, 2.75) is 83.5 Å². The summed E-state index contributed by atoms with van der Waals surface area (Å²) in [5, 5.41) is 11.5. The summed E-state index contributed by atoms with van der Waals surface area (Å²) in [6.07, 6.45) is 12.5. The zero-order valence-electron chi connectivity index (χ0n) is 28.9. The molecule has 0 fully saturated rings. The summed E-state index contributed by atoms with van der Waals surface area (Å²) in [5.41, 5.74) is 7.75. The maximum absolute atomic E-state index is 11.5. The van der Waals surface area contributed by atoms with Crippen LogP contribution in [-0.4, -0.2) is 65.9 Å². The lowest BCUT2D eigenvalue weighted by molar-refractivity contribution is -0.438. The average molecular weight is 710 g/mol. The smallest absolute Gasteiger partial charge is 0.264 e. The SMILES string of the molecule is CC1(C)C(=CC=C2CCCC(C=CC3=[N+](CCCCS(=O)(=O)O)c4ccccc4C3(C)C)=C2O)N(CCCCS(=O)(=O)O)c2ccccc21. The molecule has 2 aromatic carbocycles. The third-order valence-electron chi connectivity index (χ3n) is 10.1. The Morgan fingerprint density at radius 2 is 1.41 bits per heavy atom. The van der Waals surface area contributed by atoms with Gasteiger partial charge < -0.3 is 10.0 Å². The van der Waals surface area contributed by atoms with Crippen molar-refractivity contribution in [2.75, 3.05) is 29.5 Å². The number of fused-ring (bicyclic) bond motifs is 2. The molecule has 3 aliphatic rings. The van der Waals surface area contributed by atoms with E-state index in [1.165, 1.54) is 11.1 Å². The zero-order valence-corrected chi connectivity index (χ0v) is 30.5. The Morgan fingerprint density at radius 1 is 0.776 bits per heavy atom. The van der Waals surface area contributed by atoms with Crippen LogP contribution in [0.3, 0.4) is 0 Å². The zero-order chi connectivity index (χ0) is 35.6. The first-order chi connectivity index (χ1) is 23.0. The summed E-state index contributed by atoms with van der Waals surface area (Å²) in [7, 11) is -8.02. The summed E-state index contributed by atoms with van der Waals surface area (Å²) in [6, 6.07) is 16.4. The summed E-state index contributed by atoms with van der Waals surface area (Å²) in [5.74, 6) is -0.253. The number of aliphatic hydroxyl groups is 1. The molecule has 2 heterocycles.